The topological polar surface area (TPSA) is 33.1 Å². The second-order valence-electron chi connectivity index (χ2n) is 4.15. The summed E-state index contributed by atoms with van der Waals surface area (Å²) in [5, 5.41) is 10.3. The predicted octanol–water partition coefficient (Wildman–Crippen LogP) is 3.82. The van der Waals surface area contributed by atoms with Crippen LogP contribution in [0, 0.1) is 5.82 Å². The highest BCUT2D eigenvalue weighted by Gasteiger charge is 2.21. The van der Waals surface area contributed by atoms with Crippen LogP contribution in [0.15, 0.2) is 47.1 Å². The maximum absolute atomic E-state index is 13.2. The highest BCUT2D eigenvalue weighted by molar-refractivity contribution is 9.10. The van der Waals surface area contributed by atoms with Gasteiger partial charge in [0.2, 0.25) is 0 Å². The lowest BCUT2D eigenvalue weighted by Crippen LogP contribution is -2.10. The number of aliphatic hydroxyl groups excluding tert-OH is 1. The molecule has 0 saturated heterocycles. The van der Waals surface area contributed by atoms with Crippen molar-refractivity contribution in [3.05, 3.63) is 64.1 Å². The lowest BCUT2D eigenvalue weighted by Gasteiger charge is -2.20. The van der Waals surface area contributed by atoms with E-state index in [9.17, 15) is 9.50 Å². The average molecular weight is 310 g/mol. The molecule has 1 N–H and O–H groups in total. The molecule has 0 bridgehead atoms. The van der Waals surface area contributed by atoms with Crippen LogP contribution in [0.5, 0.6) is 0 Å². The third-order valence-electron chi connectivity index (χ3n) is 2.90. The maximum atomic E-state index is 13.2. The van der Waals surface area contributed by atoms with E-state index in [0.29, 0.717) is 10.0 Å². The molecule has 2 unspecified atom stereocenters. The molecule has 1 aromatic carbocycles. The van der Waals surface area contributed by atoms with Gasteiger partial charge in [-0.25, -0.2) is 4.39 Å². The van der Waals surface area contributed by atoms with Gasteiger partial charge in [0.15, 0.2) is 0 Å². The molecule has 2 atom stereocenters. The SMILES string of the molecule is CC(c1ccccn1)C(O)c1cc(F)ccc1Br. The molecule has 0 fully saturated rings. The van der Waals surface area contributed by atoms with Crippen molar-refractivity contribution < 1.29 is 9.50 Å². The van der Waals surface area contributed by atoms with E-state index in [1.807, 2.05) is 25.1 Å². The van der Waals surface area contributed by atoms with Gasteiger partial charge in [-0.3, -0.25) is 4.98 Å². The normalized spacial score (nSPS) is 14.2. The van der Waals surface area contributed by atoms with Crippen LogP contribution in [0.1, 0.15) is 30.2 Å². The molecule has 0 amide bonds. The summed E-state index contributed by atoms with van der Waals surface area (Å²) in [7, 11) is 0. The van der Waals surface area contributed by atoms with Gasteiger partial charge in [0.25, 0.3) is 0 Å². The number of halogens is 2. The number of hydrogen-bond donors (Lipinski definition) is 1. The molecule has 2 nitrogen and oxygen atoms in total. The fraction of sp³-hybridized carbons (Fsp3) is 0.214. The van der Waals surface area contributed by atoms with Gasteiger partial charge in [0.05, 0.1) is 6.10 Å². The van der Waals surface area contributed by atoms with Gasteiger partial charge in [0.1, 0.15) is 5.82 Å². The van der Waals surface area contributed by atoms with Gasteiger partial charge in [-0.1, -0.05) is 28.9 Å². The van der Waals surface area contributed by atoms with Crippen molar-refractivity contribution in [2.75, 3.05) is 0 Å². The largest absolute Gasteiger partial charge is 0.388 e. The molecule has 2 aromatic rings. The summed E-state index contributed by atoms with van der Waals surface area (Å²) in [5.41, 5.74) is 1.31. The summed E-state index contributed by atoms with van der Waals surface area (Å²) in [6, 6.07) is 9.83. The Morgan fingerprint density at radius 2 is 2.06 bits per heavy atom. The molecule has 0 spiro atoms. The number of rotatable bonds is 3. The van der Waals surface area contributed by atoms with Crippen LogP contribution >= 0.6 is 15.9 Å². The Morgan fingerprint density at radius 1 is 1.28 bits per heavy atom. The third-order valence-corrected chi connectivity index (χ3v) is 3.63. The lowest BCUT2D eigenvalue weighted by atomic mass is 9.94. The molecule has 2 rings (SSSR count). The first kappa shape index (κ1) is 13.2. The molecule has 0 aliphatic heterocycles. The van der Waals surface area contributed by atoms with E-state index in [0.717, 1.165) is 5.69 Å². The van der Waals surface area contributed by atoms with Crippen LogP contribution in [0.3, 0.4) is 0 Å². The predicted molar refractivity (Wildman–Crippen MR) is 71.7 cm³/mol. The highest BCUT2D eigenvalue weighted by Crippen LogP contribution is 2.33. The van der Waals surface area contributed by atoms with Crippen LogP contribution in [-0.2, 0) is 0 Å². The number of nitrogens with zero attached hydrogens (tertiary/aromatic N) is 1. The van der Waals surface area contributed by atoms with E-state index >= 15 is 0 Å². The molecule has 18 heavy (non-hydrogen) atoms. The minimum atomic E-state index is -0.801. The van der Waals surface area contributed by atoms with E-state index in [1.54, 1.807) is 12.3 Å². The fourth-order valence-electron chi connectivity index (χ4n) is 1.82. The number of aromatic nitrogens is 1. The van der Waals surface area contributed by atoms with Gasteiger partial charge in [-0.2, -0.15) is 0 Å². The van der Waals surface area contributed by atoms with Crippen molar-refractivity contribution in [1.82, 2.24) is 4.98 Å². The van der Waals surface area contributed by atoms with E-state index < -0.39 is 6.10 Å². The summed E-state index contributed by atoms with van der Waals surface area (Å²) < 4.78 is 13.9. The number of pyridine rings is 1. The molecule has 0 aliphatic rings. The maximum Gasteiger partial charge on any atom is 0.123 e. The molecular formula is C14H13BrFNO. The van der Waals surface area contributed by atoms with Crippen LogP contribution in [-0.4, -0.2) is 10.1 Å². The Hall–Kier alpha value is -1.26. The lowest BCUT2D eigenvalue weighted by molar-refractivity contribution is 0.149. The van der Waals surface area contributed by atoms with Crippen molar-refractivity contribution in [2.45, 2.75) is 18.9 Å². The Bertz CT molecular complexity index is 533. The van der Waals surface area contributed by atoms with Crippen LogP contribution in [0.2, 0.25) is 0 Å². The zero-order valence-corrected chi connectivity index (χ0v) is 11.4. The van der Waals surface area contributed by atoms with Crippen LogP contribution in [0.4, 0.5) is 4.39 Å². The second-order valence-corrected chi connectivity index (χ2v) is 5.01. The van der Waals surface area contributed by atoms with Crippen molar-refractivity contribution in [2.24, 2.45) is 0 Å². The number of hydrogen-bond acceptors (Lipinski definition) is 2. The van der Waals surface area contributed by atoms with Crippen molar-refractivity contribution in [3.8, 4) is 0 Å². The van der Waals surface area contributed by atoms with Gasteiger partial charge in [-0.05, 0) is 35.9 Å². The van der Waals surface area contributed by atoms with Gasteiger partial charge in [0, 0.05) is 22.3 Å². The summed E-state index contributed by atoms with van der Waals surface area (Å²) in [6.07, 6.45) is 0.879. The van der Waals surface area contributed by atoms with Crippen molar-refractivity contribution in [1.29, 1.82) is 0 Å². The third kappa shape index (κ3) is 2.76. The Kier molecular flexibility index (Phi) is 4.09. The number of aliphatic hydroxyl groups is 1. The van der Waals surface area contributed by atoms with Gasteiger partial charge in [-0.15, -0.1) is 0 Å². The minimum absolute atomic E-state index is 0.204. The summed E-state index contributed by atoms with van der Waals surface area (Å²) >= 11 is 3.32. The highest BCUT2D eigenvalue weighted by atomic mass is 79.9. The smallest absolute Gasteiger partial charge is 0.123 e. The monoisotopic (exact) mass is 309 g/mol. The van der Waals surface area contributed by atoms with Crippen molar-refractivity contribution in [3.63, 3.8) is 0 Å². The Morgan fingerprint density at radius 3 is 2.72 bits per heavy atom. The summed E-state index contributed by atoms with van der Waals surface area (Å²) in [5.74, 6) is -0.565. The van der Waals surface area contributed by atoms with E-state index in [1.165, 1.54) is 12.1 Å². The molecule has 0 radical (unpaired) electrons. The number of benzene rings is 1. The summed E-state index contributed by atoms with van der Waals surface area (Å²) in [4.78, 5) is 4.21. The Balaban J connectivity index is 2.31. The molecular weight excluding hydrogens is 297 g/mol. The quantitative estimate of drug-likeness (QED) is 0.935. The average Bonchev–Trinajstić information content (AvgIpc) is 2.41. The van der Waals surface area contributed by atoms with Crippen molar-refractivity contribution >= 4 is 15.9 Å². The van der Waals surface area contributed by atoms with E-state index in [2.05, 4.69) is 20.9 Å². The molecule has 1 heterocycles. The molecule has 0 aliphatic carbocycles. The first-order chi connectivity index (χ1) is 8.59. The fourth-order valence-corrected chi connectivity index (χ4v) is 2.30. The zero-order chi connectivity index (χ0) is 13.1. The second kappa shape index (κ2) is 5.59. The van der Waals surface area contributed by atoms with Crippen LogP contribution in [0.25, 0.3) is 0 Å². The summed E-state index contributed by atoms with van der Waals surface area (Å²) in [6.45, 7) is 1.87. The van der Waals surface area contributed by atoms with Gasteiger partial charge >= 0.3 is 0 Å². The van der Waals surface area contributed by atoms with Gasteiger partial charge < -0.3 is 5.11 Å². The minimum Gasteiger partial charge on any atom is -0.388 e. The first-order valence-electron chi connectivity index (χ1n) is 5.63. The van der Waals surface area contributed by atoms with Crippen LogP contribution < -0.4 is 0 Å². The zero-order valence-electron chi connectivity index (χ0n) is 9.85. The molecule has 1 aromatic heterocycles. The Labute approximate surface area is 114 Å². The van der Waals surface area contributed by atoms with E-state index in [4.69, 9.17) is 0 Å². The standard InChI is InChI=1S/C14H13BrFNO/c1-9(13-4-2-3-7-17-13)14(18)11-8-10(16)5-6-12(11)15/h2-9,14,18H,1H3. The first-order valence-corrected chi connectivity index (χ1v) is 6.43. The molecule has 0 saturated carbocycles. The van der Waals surface area contributed by atoms with E-state index in [-0.39, 0.29) is 11.7 Å². The molecule has 94 valence electrons. The molecule has 4 heteroatoms.